The molecule has 2 aromatic heterocycles. The highest BCUT2D eigenvalue weighted by Crippen LogP contribution is 2.35. The summed E-state index contributed by atoms with van der Waals surface area (Å²) in [5.41, 5.74) is 1.24. The molecule has 0 atom stereocenters. The predicted molar refractivity (Wildman–Crippen MR) is 102 cm³/mol. The largest absolute Gasteiger partial charge is 0.481 e. The topological polar surface area (TPSA) is 95.4 Å². The van der Waals surface area contributed by atoms with Gasteiger partial charge in [0.05, 0.1) is 5.39 Å². The number of hydrogen-bond acceptors (Lipinski definition) is 6. The summed E-state index contributed by atoms with van der Waals surface area (Å²) in [6.45, 7) is 6.21. The van der Waals surface area contributed by atoms with Crippen molar-refractivity contribution in [3.8, 4) is 0 Å². The standard InChI is InChI=1S/C18H24N4O3S/c1-11-12(2)26-18-15(11)16(20-10-21-18)22-8-5-13(6-9-22)17(25)19-7-3-4-14(23)24/h10,13H,3-9H2,1-2H3,(H,19,25)(H,23,24). The fraction of sp³-hybridized carbons (Fsp3) is 0.556. The minimum atomic E-state index is -0.831. The molecular formula is C18H24N4O3S. The second kappa shape index (κ2) is 7.99. The zero-order valence-corrected chi connectivity index (χ0v) is 15.9. The van der Waals surface area contributed by atoms with Crippen molar-refractivity contribution in [2.75, 3.05) is 24.5 Å². The number of aliphatic carboxylic acids is 1. The van der Waals surface area contributed by atoms with E-state index in [9.17, 15) is 9.59 Å². The molecule has 140 valence electrons. The minimum absolute atomic E-state index is 0.0151. The van der Waals surface area contributed by atoms with Crippen molar-refractivity contribution in [1.29, 1.82) is 0 Å². The van der Waals surface area contributed by atoms with Crippen molar-refractivity contribution in [2.45, 2.75) is 39.5 Å². The van der Waals surface area contributed by atoms with Gasteiger partial charge in [0.1, 0.15) is 17.0 Å². The maximum absolute atomic E-state index is 12.3. The molecule has 1 saturated heterocycles. The molecule has 2 aromatic rings. The molecule has 26 heavy (non-hydrogen) atoms. The van der Waals surface area contributed by atoms with Crippen LogP contribution in [-0.4, -0.2) is 46.6 Å². The van der Waals surface area contributed by atoms with Gasteiger partial charge in [-0.3, -0.25) is 9.59 Å². The number of aryl methyl sites for hydroxylation is 2. The van der Waals surface area contributed by atoms with E-state index in [1.807, 2.05) is 0 Å². The summed E-state index contributed by atoms with van der Waals surface area (Å²) in [5, 5.41) is 12.6. The molecule has 0 aliphatic carbocycles. The molecule has 0 unspecified atom stereocenters. The van der Waals surface area contributed by atoms with Crippen LogP contribution in [0.2, 0.25) is 0 Å². The molecule has 1 fully saturated rings. The highest BCUT2D eigenvalue weighted by atomic mass is 32.1. The lowest BCUT2D eigenvalue weighted by molar-refractivity contribution is -0.137. The zero-order chi connectivity index (χ0) is 18.7. The Bertz CT molecular complexity index is 812. The van der Waals surface area contributed by atoms with Crippen molar-refractivity contribution in [3.63, 3.8) is 0 Å². The molecule has 3 rings (SSSR count). The second-order valence-corrected chi connectivity index (χ2v) is 7.91. The van der Waals surface area contributed by atoms with Crippen LogP contribution in [0.5, 0.6) is 0 Å². The Kier molecular flexibility index (Phi) is 5.70. The normalized spacial score (nSPS) is 15.4. The predicted octanol–water partition coefficient (Wildman–Crippen LogP) is 2.51. The first kappa shape index (κ1) is 18.6. The number of anilines is 1. The number of aromatic nitrogens is 2. The molecule has 1 aliphatic rings. The molecule has 7 nitrogen and oxygen atoms in total. The number of carboxylic acids is 1. The van der Waals surface area contributed by atoms with Crippen molar-refractivity contribution in [1.82, 2.24) is 15.3 Å². The van der Waals surface area contributed by atoms with Gasteiger partial charge in [0.25, 0.3) is 0 Å². The van der Waals surface area contributed by atoms with E-state index in [1.165, 1.54) is 10.4 Å². The van der Waals surface area contributed by atoms with E-state index < -0.39 is 5.97 Å². The quantitative estimate of drug-likeness (QED) is 0.752. The van der Waals surface area contributed by atoms with E-state index >= 15 is 0 Å². The van der Waals surface area contributed by atoms with Crippen molar-refractivity contribution >= 4 is 39.2 Å². The van der Waals surface area contributed by atoms with Gasteiger partial charge in [-0.15, -0.1) is 11.3 Å². The third kappa shape index (κ3) is 3.95. The maximum Gasteiger partial charge on any atom is 0.303 e. The number of fused-ring (bicyclic) bond motifs is 1. The Morgan fingerprint density at radius 2 is 2.04 bits per heavy atom. The molecule has 2 N–H and O–H groups in total. The molecule has 8 heteroatoms. The number of rotatable bonds is 6. The van der Waals surface area contributed by atoms with Crippen LogP contribution in [0.25, 0.3) is 10.2 Å². The van der Waals surface area contributed by atoms with Crippen LogP contribution in [-0.2, 0) is 9.59 Å². The summed E-state index contributed by atoms with van der Waals surface area (Å²) in [6.07, 6.45) is 3.72. The molecule has 0 radical (unpaired) electrons. The molecule has 0 saturated carbocycles. The van der Waals surface area contributed by atoms with E-state index in [1.54, 1.807) is 17.7 Å². The molecule has 0 spiro atoms. The maximum atomic E-state index is 12.3. The van der Waals surface area contributed by atoms with Crippen molar-refractivity contribution < 1.29 is 14.7 Å². The lowest BCUT2D eigenvalue weighted by atomic mass is 9.95. The van der Waals surface area contributed by atoms with Gasteiger partial charge in [0, 0.05) is 36.9 Å². The zero-order valence-electron chi connectivity index (χ0n) is 15.1. The van der Waals surface area contributed by atoms with Crippen molar-refractivity contribution in [3.05, 3.63) is 16.8 Å². The van der Waals surface area contributed by atoms with E-state index in [0.717, 1.165) is 42.0 Å². The van der Waals surface area contributed by atoms with Gasteiger partial charge in [0.2, 0.25) is 5.91 Å². The summed E-state index contributed by atoms with van der Waals surface area (Å²) >= 11 is 1.69. The molecule has 0 bridgehead atoms. The molecular weight excluding hydrogens is 352 g/mol. The first-order valence-corrected chi connectivity index (χ1v) is 9.74. The van der Waals surface area contributed by atoms with Gasteiger partial charge in [-0.1, -0.05) is 0 Å². The number of amides is 1. The lowest BCUT2D eigenvalue weighted by Gasteiger charge is -2.32. The fourth-order valence-electron chi connectivity index (χ4n) is 3.35. The van der Waals surface area contributed by atoms with Gasteiger partial charge in [0.15, 0.2) is 0 Å². The van der Waals surface area contributed by atoms with Crippen LogP contribution in [0.3, 0.4) is 0 Å². The van der Waals surface area contributed by atoms with Gasteiger partial charge in [-0.2, -0.15) is 0 Å². The summed E-state index contributed by atoms with van der Waals surface area (Å²) in [6, 6.07) is 0. The van der Waals surface area contributed by atoms with Crippen LogP contribution in [0.15, 0.2) is 6.33 Å². The lowest BCUT2D eigenvalue weighted by Crippen LogP contribution is -2.41. The molecule has 3 heterocycles. The van der Waals surface area contributed by atoms with E-state index in [-0.39, 0.29) is 18.2 Å². The first-order valence-electron chi connectivity index (χ1n) is 8.92. The minimum Gasteiger partial charge on any atom is -0.481 e. The van der Waals surface area contributed by atoms with Gasteiger partial charge < -0.3 is 15.3 Å². The van der Waals surface area contributed by atoms with E-state index in [4.69, 9.17) is 5.11 Å². The average Bonchev–Trinajstić information content (AvgIpc) is 2.93. The van der Waals surface area contributed by atoms with Gasteiger partial charge in [-0.25, -0.2) is 9.97 Å². The highest BCUT2D eigenvalue weighted by Gasteiger charge is 2.27. The van der Waals surface area contributed by atoms with Crippen LogP contribution < -0.4 is 10.2 Å². The van der Waals surface area contributed by atoms with Crippen LogP contribution in [0.4, 0.5) is 5.82 Å². The van der Waals surface area contributed by atoms with Gasteiger partial charge in [-0.05, 0) is 38.7 Å². The first-order chi connectivity index (χ1) is 12.5. The summed E-state index contributed by atoms with van der Waals surface area (Å²) < 4.78 is 0. The number of piperidine rings is 1. The SMILES string of the molecule is Cc1sc2ncnc(N3CCC(C(=O)NCCCC(=O)O)CC3)c2c1C. The van der Waals surface area contributed by atoms with Crippen LogP contribution in [0.1, 0.15) is 36.1 Å². The number of hydrogen-bond donors (Lipinski definition) is 2. The summed E-state index contributed by atoms with van der Waals surface area (Å²) in [5.74, 6) is 0.156. The fourth-order valence-corrected chi connectivity index (χ4v) is 4.34. The number of thiophene rings is 1. The Morgan fingerprint density at radius 1 is 1.31 bits per heavy atom. The summed E-state index contributed by atoms with van der Waals surface area (Å²) in [4.78, 5) is 36.2. The smallest absolute Gasteiger partial charge is 0.303 e. The Hall–Kier alpha value is -2.22. The Labute approximate surface area is 156 Å². The van der Waals surface area contributed by atoms with Gasteiger partial charge >= 0.3 is 5.97 Å². The summed E-state index contributed by atoms with van der Waals surface area (Å²) in [7, 11) is 0. The number of nitrogens with zero attached hydrogens (tertiary/aromatic N) is 3. The number of carboxylic acid groups (broad SMARTS) is 1. The Morgan fingerprint density at radius 3 is 2.73 bits per heavy atom. The third-order valence-corrected chi connectivity index (χ3v) is 6.09. The average molecular weight is 376 g/mol. The number of carbonyl (C=O) groups excluding carboxylic acids is 1. The second-order valence-electron chi connectivity index (χ2n) is 6.71. The highest BCUT2D eigenvalue weighted by molar-refractivity contribution is 7.18. The van der Waals surface area contributed by atoms with E-state index in [0.29, 0.717) is 13.0 Å². The Balaban J connectivity index is 1.59. The molecule has 1 amide bonds. The number of carbonyl (C=O) groups is 2. The van der Waals surface area contributed by atoms with Crippen LogP contribution >= 0.6 is 11.3 Å². The van der Waals surface area contributed by atoms with E-state index in [2.05, 4.69) is 34.0 Å². The monoisotopic (exact) mass is 376 g/mol. The number of nitrogens with one attached hydrogen (secondary N) is 1. The third-order valence-electron chi connectivity index (χ3n) is 4.98. The molecule has 1 aliphatic heterocycles. The molecule has 0 aromatic carbocycles. The van der Waals surface area contributed by atoms with Crippen molar-refractivity contribution in [2.24, 2.45) is 5.92 Å². The van der Waals surface area contributed by atoms with Crippen LogP contribution in [0, 0.1) is 19.8 Å².